The summed E-state index contributed by atoms with van der Waals surface area (Å²) < 4.78 is 0. The first-order valence-corrected chi connectivity index (χ1v) is 4.63. The lowest BCUT2D eigenvalue weighted by Gasteiger charge is -2.24. The summed E-state index contributed by atoms with van der Waals surface area (Å²) in [6.45, 7) is 1.07. The number of hydrogen-bond donors (Lipinski definition) is 1. The third-order valence-electron chi connectivity index (χ3n) is 2.33. The zero-order chi connectivity index (χ0) is 8.97. The van der Waals surface area contributed by atoms with Crippen LogP contribution in [-0.2, 0) is 4.79 Å². The lowest BCUT2D eigenvalue weighted by atomic mass is 10.0. The molecule has 3 nitrogen and oxygen atoms in total. The molecule has 1 aliphatic heterocycles. The highest BCUT2D eigenvalue weighted by Crippen LogP contribution is 2.10. The van der Waals surface area contributed by atoms with Crippen LogP contribution in [-0.4, -0.2) is 37.5 Å². The quantitative estimate of drug-likeness (QED) is 0.658. The van der Waals surface area contributed by atoms with Gasteiger partial charge in [0.15, 0.2) is 0 Å². The van der Waals surface area contributed by atoms with Crippen molar-refractivity contribution in [3.05, 3.63) is 0 Å². The molecular weight excluding hydrogens is 152 g/mol. The summed E-state index contributed by atoms with van der Waals surface area (Å²) in [4.78, 5) is 13.0. The van der Waals surface area contributed by atoms with Crippen molar-refractivity contribution in [3.8, 4) is 0 Å². The van der Waals surface area contributed by atoms with Gasteiger partial charge >= 0.3 is 0 Å². The standard InChI is InChI=1S/C9H18N2O/c1-11(2)9(12)7-8-5-3-4-6-10-8/h8,10H,3-7H2,1-2H3/t8-/m0/s1. The van der Waals surface area contributed by atoms with Gasteiger partial charge in [-0.3, -0.25) is 4.79 Å². The van der Waals surface area contributed by atoms with Crippen LogP contribution in [0.15, 0.2) is 0 Å². The van der Waals surface area contributed by atoms with Gasteiger partial charge in [0.05, 0.1) is 0 Å². The van der Waals surface area contributed by atoms with E-state index in [0.29, 0.717) is 12.5 Å². The average Bonchev–Trinajstić information content (AvgIpc) is 2.06. The minimum Gasteiger partial charge on any atom is -0.349 e. The molecular formula is C9H18N2O. The monoisotopic (exact) mass is 170 g/mol. The molecule has 1 saturated heterocycles. The maximum atomic E-state index is 11.3. The largest absolute Gasteiger partial charge is 0.349 e. The summed E-state index contributed by atoms with van der Waals surface area (Å²) in [7, 11) is 3.62. The third-order valence-corrected chi connectivity index (χ3v) is 2.33. The number of carbonyl (C=O) groups excluding carboxylic acids is 1. The second kappa shape index (κ2) is 4.45. The van der Waals surface area contributed by atoms with Gasteiger partial charge in [-0.25, -0.2) is 0 Å². The van der Waals surface area contributed by atoms with Gasteiger partial charge in [-0.1, -0.05) is 6.42 Å². The van der Waals surface area contributed by atoms with Crippen molar-refractivity contribution < 1.29 is 4.79 Å². The van der Waals surface area contributed by atoms with Crippen molar-refractivity contribution in [2.45, 2.75) is 31.7 Å². The topological polar surface area (TPSA) is 32.3 Å². The Morgan fingerprint density at radius 3 is 2.75 bits per heavy atom. The number of nitrogens with one attached hydrogen (secondary N) is 1. The first kappa shape index (κ1) is 9.52. The number of carbonyl (C=O) groups is 1. The molecule has 70 valence electrons. The van der Waals surface area contributed by atoms with E-state index in [2.05, 4.69) is 5.32 Å². The molecule has 1 rings (SSSR count). The van der Waals surface area contributed by atoms with E-state index in [-0.39, 0.29) is 5.91 Å². The van der Waals surface area contributed by atoms with Crippen LogP contribution >= 0.6 is 0 Å². The van der Waals surface area contributed by atoms with Crippen molar-refractivity contribution in [1.29, 1.82) is 0 Å². The summed E-state index contributed by atoms with van der Waals surface area (Å²) in [6.07, 6.45) is 4.33. The van der Waals surface area contributed by atoms with E-state index in [1.807, 2.05) is 14.1 Å². The molecule has 0 saturated carbocycles. The van der Waals surface area contributed by atoms with Crippen LogP contribution in [0.5, 0.6) is 0 Å². The molecule has 0 unspecified atom stereocenters. The van der Waals surface area contributed by atoms with Crippen LogP contribution in [0.1, 0.15) is 25.7 Å². The first-order valence-electron chi connectivity index (χ1n) is 4.63. The summed E-state index contributed by atoms with van der Waals surface area (Å²) in [5.41, 5.74) is 0. The second-order valence-corrected chi connectivity index (χ2v) is 3.64. The number of piperidine rings is 1. The Balaban J connectivity index is 2.24. The highest BCUT2D eigenvalue weighted by molar-refractivity contribution is 5.76. The summed E-state index contributed by atoms with van der Waals surface area (Å²) in [6, 6.07) is 0.425. The van der Waals surface area contributed by atoms with Crippen molar-refractivity contribution in [3.63, 3.8) is 0 Å². The van der Waals surface area contributed by atoms with Crippen LogP contribution in [0.4, 0.5) is 0 Å². The average molecular weight is 170 g/mol. The van der Waals surface area contributed by atoms with Gasteiger partial charge in [0.1, 0.15) is 0 Å². The number of hydrogen-bond acceptors (Lipinski definition) is 2. The van der Waals surface area contributed by atoms with Crippen LogP contribution in [0.3, 0.4) is 0 Å². The normalized spacial score (nSPS) is 23.7. The Morgan fingerprint density at radius 1 is 1.50 bits per heavy atom. The Bertz CT molecular complexity index is 151. The fourth-order valence-corrected chi connectivity index (χ4v) is 1.49. The minimum absolute atomic E-state index is 0.231. The van der Waals surface area contributed by atoms with Crippen molar-refractivity contribution >= 4 is 5.91 Å². The van der Waals surface area contributed by atoms with Crippen LogP contribution in [0.25, 0.3) is 0 Å². The molecule has 0 spiro atoms. The smallest absolute Gasteiger partial charge is 0.223 e. The van der Waals surface area contributed by atoms with Gasteiger partial charge in [0.25, 0.3) is 0 Å². The first-order chi connectivity index (χ1) is 5.70. The fraction of sp³-hybridized carbons (Fsp3) is 0.889. The van der Waals surface area contributed by atoms with E-state index in [1.54, 1.807) is 4.90 Å². The van der Waals surface area contributed by atoms with Crippen LogP contribution in [0, 0.1) is 0 Å². The van der Waals surface area contributed by atoms with E-state index < -0.39 is 0 Å². The Kier molecular flexibility index (Phi) is 3.53. The molecule has 12 heavy (non-hydrogen) atoms. The van der Waals surface area contributed by atoms with Crippen LogP contribution < -0.4 is 5.32 Å². The van der Waals surface area contributed by atoms with Gasteiger partial charge in [-0.15, -0.1) is 0 Å². The van der Waals surface area contributed by atoms with Gasteiger partial charge in [0.2, 0.25) is 5.91 Å². The number of nitrogens with zero attached hydrogens (tertiary/aromatic N) is 1. The summed E-state index contributed by atoms with van der Waals surface area (Å²) in [5, 5.41) is 3.36. The number of amides is 1. The third kappa shape index (κ3) is 2.81. The maximum Gasteiger partial charge on any atom is 0.223 e. The zero-order valence-corrected chi connectivity index (χ0v) is 7.97. The highest BCUT2D eigenvalue weighted by atomic mass is 16.2. The molecule has 1 atom stereocenters. The molecule has 0 aromatic heterocycles. The van der Waals surface area contributed by atoms with E-state index >= 15 is 0 Å². The van der Waals surface area contributed by atoms with Crippen molar-refractivity contribution in [2.75, 3.05) is 20.6 Å². The maximum absolute atomic E-state index is 11.3. The molecule has 1 amide bonds. The molecule has 0 aromatic carbocycles. The Hall–Kier alpha value is -0.570. The number of rotatable bonds is 2. The van der Waals surface area contributed by atoms with E-state index in [0.717, 1.165) is 13.0 Å². The SMILES string of the molecule is CN(C)C(=O)C[C@@H]1CCCCN1. The lowest BCUT2D eigenvalue weighted by molar-refractivity contribution is -0.129. The highest BCUT2D eigenvalue weighted by Gasteiger charge is 2.16. The van der Waals surface area contributed by atoms with Crippen LogP contribution in [0.2, 0.25) is 0 Å². The predicted octanol–water partition coefficient (Wildman–Crippen LogP) is 0.607. The van der Waals surface area contributed by atoms with Gasteiger partial charge in [-0.05, 0) is 19.4 Å². The van der Waals surface area contributed by atoms with Gasteiger partial charge < -0.3 is 10.2 Å². The zero-order valence-electron chi connectivity index (χ0n) is 7.97. The van der Waals surface area contributed by atoms with Crippen molar-refractivity contribution in [2.24, 2.45) is 0 Å². The van der Waals surface area contributed by atoms with Gasteiger partial charge in [-0.2, -0.15) is 0 Å². The molecule has 1 fully saturated rings. The fourth-order valence-electron chi connectivity index (χ4n) is 1.49. The molecule has 0 bridgehead atoms. The summed E-state index contributed by atoms with van der Waals surface area (Å²) >= 11 is 0. The molecule has 3 heteroatoms. The molecule has 0 aromatic rings. The van der Waals surface area contributed by atoms with E-state index in [1.165, 1.54) is 12.8 Å². The molecule has 0 radical (unpaired) electrons. The predicted molar refractivity (Wildman–Crippen MR) is 49.0 cm³/mol. The molecule has 1 heterocycles. The Labute approximate surface area is 74.1 Å². The Morgan fingerprint density at radius 2 is 2.25 bits per heavy atom. The lowest BCUT2D eigenvalue weighted by Crippen LogP contribution is -2.38. The summed E-state index contributed by atoms with van der Waals surface area (Å²) in [5.74, 6) is 0.231. The second-order valence-electron chi connectivity index (χ2n) is 3.64. The minimum atomic E-state index is 0.231. The molecule has 0 aliphatic carbocycles. The van der Waals surface area contributed by atoms with E-state index in [4.69, 9.17) is 0 Å². The van der Waals surface area contributed by atoms with Gasteiger partial charge in [0, 0.05) is 26.6 Å². The molecule has 1 aliphatic rings. The van der Waals surface area contributed by atoms with E-state index in [9.17, 15) is 4.79 Å². The molecule has 1 N–H and O–H groups in total. The van der Waals surface area contributed by atoms with Crippen molar-refractivity contribution in [1.82, 2.24) is 10.2 Å².